The fourth-order valence-corrected chi connectivity index (χ4v) is 7.32. The monoisotopic (exact) mass is 389 g/mol. The van der Waals surface area contributed by atoms with Crippen LogP contribution in [-0.4, -0.2) is 30.7 Å². The van der Waals surface area contributed by atoms with Crippen LogP contribution in [0.3, 0.4) is 0 Å². The zero-order valence-corrected chi connectivity index (χ0v) is 17.6. The van der Waals surface area contributed by atoms with Gasteiger partial charge in [0.1, 0.15) is 7.14 Å². The highest BCUT2D eigenvalue weighted by Crippen LogP contribution is 2.59. The summed E-state index contributed by atoms with van der Waals surface area (Å²) in [6.07, 6.45) is 2.76. The van der Waals surface area contributed by atoms with Crippen LogP contribution >= 0.6 is 7.14 Å². The Morgan fingerprint density at radius 3 is 1.75 bits per heavy atom. The number of likely N-dealkylation sites (N-methyl/N-ethyl adjacent to an activating group) is 1. The maximum absolute atomic E-state index is 14.3. The molecule has 0 saturated heterocycles. The van der Waals surface area contributed by atoms with Crippen LogP contribution in [-0.2, 0) is 4.57 Å². The van der Waals surface area contributed by atoms with Gasteiger partial charge in [-0.3, -0.25) is 0 Å². The molecule has 4 rings (SSSR count). The van der Waals surface area contributed by atoms with E-state index in [2.05, 4.69) is 49.3 Å². The van der Waals surface area contributed by atoms with Crippen LogP contribution in [0, 0.1) is 0 Å². The Labute approximate surface area is 168 Å². The third-order valence-electron chi connectivity index (χ3n) is 6.34. The summed E-state index contributed by atoms with van der Waals surface area (Å²) in [5.74, 6) is 0.517. The van der Waals surface area contributed by atoms with Gasteiger partial charge in [-0.05, 0) is 32.5 Å². The predicted molar refractivity (Wildman–Crippen MR) is 119 cm³/mol. The minimum absolute atomic E-state index is 0.0978. The van der Waals surface area contributed by atoms with Gasteiger partial charge in [0.2, 0.25) is 0 Å². The van der Waals surface area contributed by atoms with Gasteiger partial charge >= 0.3 is 0 Å². The number of hydrogen-bond donors (Lipinski definition) is 0. The molecule has 1 aliphatic carbocycles. The average molecular weight is 389 g/mol. The quantitative estimate of drug-likeness (QED) is 0.537. The van der Waals surface area contributed by atoms with E-state index in [1.54, 1.807) is 0 Å². The lowest BCUT2D eigenvalue weighted by molar-refractivity contribution is 0.256. The summed E-state index contributed by atoms with van der Waals surface area (Å²) in [6, 6.07) is 30.8. The number of benzene rings is 3. The molecule has 0 bridgehead atoms. The van der Waals surface area contributed by atoms with Gasteiger partial charge in [0.15, 0.2) is 0 Å². The Balaban J connectivity index is 1.64. The summed E-state index contributed by atoms with van der Waals surface area (Å²) < 4.78 is 14.3. The largest absolute Gasteiger partial charge is 0.314 e. The van der Waals surface area contributed by atoms with E-state index in [0.29, 0.717) is 12.1 Å². The van der Waals surface area contributed by atoms with E-state index in [4.69, 9.17) is 0 Å². The average Bonchev–Trinajstić information content (AvgIpc) is 3.50. The molecule has 2 nitrogen and oxygen atoms in total. The van der Waals surface area contributed by atoms with Crippen LogP contribution in [0.15, 0.2) is 91.0 Å². The Morgan fingerprint density at radius 2 is 1.29 bits per heavy atom. The summed E-state index contributed by atoms with van der Waals surface area (Å²) in [5, 5.41) is 1.93. The molecular weight excluding hydrogens is 361 g/mol. The predicted octanol–water partition coefficient (Wildman–Crippen LogP) is 4.88. The molecule has 0 aromatic heterocycles. The normalized spacial score (nSPS) is 21.6. The van der Waals surface area contributed by atoms with E-state index in [9.17, 15) is 4.57 Å². The summed E-state index contributed by atoms with van der Waals surface area (Å²) in [4.78, 5) is 2.35. The Morgan fingerprint density at radius 1 is 0.821 bits per heavy atom. The highest BCUT2D eigenvalue weighted by atomic mass is 31.2. The van der Waals surface area contributed by atoms with Crippen molar-refractivity contribution in [1.29, 1.82) is 0 Å². The summed E-state index contributed by atoms with van der Waals surface area (Å²) in [5.41, 5.74) is 1.49. The van der Waals surface area contributed by atoms with Crippen molar-refractivity contribution < 1.29 is 4.57 Å². The van der Waals surface area contributed by atoms with Crippen molar-refractivity contribution in [3.63, 3.8) is 0 Å². The van der Waals surface area contributed by atoms with Crippen molar-refractivity contribution in [3.8, 4) is 0 Å². The van der Waals surface area contributed by atoms with E-state index >= 15 is 0 Å². The smallest absolute Gasteiger partial charge is 0.143 e. The number of nitrogens with zero attached hydrogens (tertiary/aromatic N) is 1. The molecule has 28 heavy (non-hydrogen) atoms. The molecule has 0 N–H and O–H groups in total. The van der Waals surface area contributed by atoms with Gasteiger partial charge in [0, 0.05) is 28.2 Å². The standard InChI is InChI=1S/C25H28NOP/c1-26(2)25(20-24(25)21-12-6-3-7-13-21)18-19-28(27,22-14-8-4-9-15-22)23-16-10-5-11-17-23/h3-17,24H,18-20H2,1-2H3/t24-,25+/m0/s1. The van der Waals surface area contributed by atoms with Gasteiger partial charge in [0.05, 0.1) is 0 Å². The molecule has 1 aliphatic rings. The van der Waals surface area contributed by atoms with Gasteiger partial charge in [0.25, 0.3) is 0 Å². The molecule has 3 heteroatoms. The fourth-order valence-electron chi connectivity index (χ4n) is 4.50. The fraction of sp³-hybridized carbons (Fsp3) is 0.280. The third-order valence-corrected chi connectivity index (χ3v) is 9.46. The van der Waals surface area contributed by atoms with Crippen molar-refractivity contribution in [3.05, 3.63) is 96.6 Å². The Hall–Kier alpha value is -2.15. The molecule has 144 valence electrons. The van der Waals surface area contributed by atoms with Crippen LogP contribution < -0.4 is 10.6 Å². The molecule has 0 amide bonds. The molecule has 0 radical (unpaired) electrons. The van der Waals surface area contributed by atoms with Crippen LogP contribution in [0.5, 0.6) is 0 Å². The summed E-state index contributed by atoms with van der Waals surface area (Å²) in [7, 11) is 1.67. The summed E-state index contributed by atoms with van der Waals surface area (Å²) in [6.45, 7) is 0. The second kappa shape index (κ2) is 7.70. The zero-order chi connectivity index (χ0) is 19.6. The van der Waals surface area contributed by atoms with Crippen molar-refractivity contribution >= 4 is 17.8 Å². The second-order valence-electron chi connectivity index (χ2n) is 8.05. The van der Waals surface area contributed by atoms with Crippen LogP contribution in [0.25, 0.3) is 0 Å². The minimum Gasteiger partial charge on any atom is -0.314 e. The van der Waals surface area contributed by atoms with Crippen LogP contribution in [0.4, 0.5) is 0 Å². The van der Waals surface area contributed by atoms with E-state index in [0.717, 1.165) is 23.5 Å². The lowest BCUT2D eigenvalue weighted by Gasteiger charge is -2.29. The van der Waals surface area contributed by atoms with Gasteiger partial charge < -0.3 is 9.46 Å². The lowest BCUT2D eigenvalue weighted by Crippen LogP contribution is -2.34. The maximum Gasteiger partial charge on any atom is 0.143 e. The molecule has 2 atom stereocenters. The van der Waals surface area contributed by atoms with Gasteiger partial charge in [-0.1, -0.05) is 91.0 Å². The molecule has 3 aromatic rings. The van der Waals surface area contributed by atoms with E-state index < -0.39 is 7.14 Å². The number of hydrogen-bond acceptors (Lipinski definition) is 2. The van der Waals surface area contributed by atoms with Gasteiger partial charge in [-0.15, -0.1) is 0 Å². The first kappa shape index (κ1) is 19.2. The van der Waals surface area contributed by atoms with Crippen molar-refractivity contribution in [1.82, 2.24) is 4.90 Å². The highest BCUT2D eigenvalue weighted by molar-refractivity contribution is 7.78. The molecule has 0 spiro atoms. The molecular formula is C25H28NOP. The van der Waals surface area contributed by atoms with E-state index in [-0.39, 0.29) is 5.54 Å². The van der Waals surface area contributed by atoms with Crippen molar-refractivity contribution in [2.24, 2.45) is 0 Å². The van der Waals surface area contributed by atoms with Crippen molar-refractivity contribution in [2.45, 2.75) is 24.3 Å². The molecule has 1 fully saturated rings. The third kappa shape index (κ3) is 3.48. The minimum atomic E-state index is -2.66. The zero-order valence-electron chi connectivity index (χ0n) is 16.7. The first-order chi connectivity index (χ1) is 13.6. The Kier molecular flexibility index (Phi) is 5.27. The molecule has 3 aromatic carbocycles. The number of rotatable bonds is 7. The SMILES string of the molecule is CN(C)[C@]1(CCP(=O)(c2ccccc2)c2ccccc2)C[C@H]1c1ccccc1. The lowest BCUT2D eigenvalue weighted by atomic mass is 10.0. The van der Waals surface area contributed by atoms with Crippen LogP contribution in [0.2, 0.25) is 0 Å². The first-order valence-electron chi connectivity index (χ1n) is 9.99. The van der Waals surface area contributed by atoms with E-state index in [1.165, 1.54) is 5.56 Å². The molecule has 1 saturated carbocycles. The van der Waals surface area contributed by atoms with Crippen LogP contribution in [0.1, 0.15) is 24.3 Å². The molecule has 0 unspecified atom stereocenters. The van der Waals surface area contributed by atoms with Crippen molar-refractivity contribution in [2.75, 3.05) is 20.3 Å². The van der Waals surface area contributed by atoms with E-state index in [1.807, 2.05) is 60.7 Å². The topological polar surface area (TPSA) is 20.3 Å². The Bertz CT molecular complexity index is 912. The van der Waals surface area contributed by atoms with Gasteiger partial charge in [-0.25, -0.2) is 0 Å². The highest BCUT2D eigenvalue weighted by Gasteiger charge is 2.56. The second-order valence-corrected chi connectivity index (χ2v) is 11.0. The van der Waals surface area contributed by atoms with Gasteiger partial charge in [-0.2, -0.15) is 0 Å². The molecule has 0 aliphatic heterocycles. The summed E-state index contributed by atoms with van der Waals surface area (Å²) >= 11 is 0. The first-order valence-corrected chi connectivity index (χ1v) is 11.9. The molecule has 0 heterocycles. The maximum atomic E-state index is 14.3.